The molecule has 5 nitrogen and oxygen atoms in total. The monoisotopic (exact) mass is 176 g/mol. The van der Waals surface area contributed by atoms with Gasteiger partial charge in [-0.25, -0.2) is 0 Å². The van der Waals surface area contributed by atoms with Crippen LogP contribution in [-0.4, -0.2) is 24.1 Å². The van der Waals surface area contributed by atoms with E-state index in [-0.39, 0.29) is 59.1 Å². The molecule has 1 aliphatic heterocycles. The summed E-state index contributed by atoms with van der Waals surface area (Å²) in [5.74, 6) is -3.02. The topological polar surface area (TPSA) is 92.8 Å². The van der Waals surface area contributed by atoms with E-state index in [9.17, 15) is 19.8 Å². The summed E-state index contributed by atoms with van der Waals surface area (Å²) in [5.41, 5.74) is 0. The van der Waals surface area contributed by atoms with Crippen LogP contribution < -0.4 is 69.3 Å². The molecule has 1 rings (SSSR count). The SMILES string of the molecule is O=C([O-])[C@H]1O[C@H]1C(=O)[O-].[Na+].[Na+]. The Labute approximate surface area is 107 Å². The molecule has 7 heteroatoms. The number of aliphatic carboxylic acids is 2. The number of carboxylic acid groups (broad SMARTS) is 2. The van der Waals surface area contributed by atoms with Crippen molar-refractivity contribution in [1.82, 2.24) is 0 Å². The molecule has 1 aliphatic rings. The fraction of sp³-hybridized carbons (Fsp3) is 0.500. The molecule has 0 radical (unpaired) electrons. The molecular formula is C4H2Na2O5. The molecule has 0 unspecified atom stereocenters. The molecular weight excluding hydrogens is 174 g/mol. The summed E-state index contributed by atoms with van der Waals surface area (Å²) in [6.07, 6.45) is -2.59. The van der Waals surface area contributed by atoms with Crippen LogP contribution in [0.4, 0.5) is 0 Å². The van der Waals surface area contributed by atoms with Crippen LogP contribution in [0.25, 0.3) is 0 Å². The minimum Gasteiger partial charge on any atom is -0.547 e. The number of carboxylic acids is 2. The first-order valence-corrected chi connectivity index (χ1v) is 2.20. The second-order valence-electron chi connectivity index (χ2n) is 1.62. The van der Waals surface area contributed by atoms with Crippen molar-refractivity contribution in [2.24, 2.45) is 0 Å². The van der Waals surface area contributed by atoms with Crippen LogP contribution in [0.3, 0.4) is 0 Å². The maximum absolute atomic E-state index is 9.75. The summed E-state index contributed by atoms with van der Waals surface area (Å²) >= 11 is 0. The van der Waals surface area contributed by atoms with Crippen LogP contribution in [0.5, 0.6) is 0 Å². The van der Waals surface area contributed by atoms with Crippen molar-refractivity contribution in [3.63, 3.8) is 0 Å². The maximum Gasteiger partial charge on any atom is 1.00 e. The van der Waals surface area contributed by atoms with Crippen molar-refractivity contribution in [3.8, 4) is 0 Å². The zero-order valence-electron chi connectivity index (χ0n) is 6.20. The van der Waals surface area contributed by atoms with Crippen molar-refractivity contribution in [2.45, 2.75) is 12.2 Å². The molecule has 50 valence electrons. The van der Waals surface area contributed by atoms with E-state index in [0.29, 0.717) is 0 Å². The summed E-state index contributed by atoms with van der Waals surface area (Å²) < 4.78 is 4.12. The average molecular weight is 176 g/mol. The van der Waals surface area contributed by atoms with E-state index in [4.69, 9.17) is 0 Å². The summed E-state index contributed by atoms with van der Waals surface area (Å²) in [4.78, 5) is 19.5. The Morgan fingerprint density at radius 2 is 1.27 bits per heavy atom. The van der Waals surface area contributed by atoms with Gasteiger partial charge in [-0.2, -0.15) is 0 Å². The number of ether oxygens (including phenoxy) is 1. The second kappa shape index (κ2) is 5.53. The Morgan fingerprint density at radius 3 is 1.36 bits per heavy atom. The van der Waals surface area contributed by atoms with Crippen molar-refractivity contribution in [1.29, 1.82) is 0 Å². The molecule has 1 heterocycles. The van der Waals surface area contributed by atoms with E-state index in [1.165, 1.54) is 0 Å². The van der Waals surface area contributed by atoms with E-state index < -0.39 is 24.1 Å². The van der Waals surface area contributed by atoms with E-state index >= 15 is 0 Å². The zero-order valence-corrected chi connectivity index (χ0v) is 10.2. The third kappa shape index (κ3) is 3.89. The third-order valence-corrected chi connectivity index (χ3v) is 0.956. The zero-order chi connectivity index (χ0) is 7.02. The molecule has 0 bridgehead atoms. The van der Waals surface area contributed by atoms with Gasteiger partial charge in [0.15, 0.2) is 0 Å². The molecule has 0 aromatic carbocycles. The predicted octanol–water partition coefficient (Wildman–Crippen LogP) is -9.74. The Bertz CT molecular complexity index is 152. The van der Waals surface area contributed by atoms with Crippen LogP contribution in [0.1, 0.15) is 0 Å². The van der Waals surface area contributed by atoms with Gasteiger partial charge in [0.25, 0.3) is 0 Å². The first-order valence-electron chi connectivity index (χ1n) is 2.20. The van der Waals surface area contributed by atoms with Crippen LogP contribution in [0.15, 0.2) is 0 Å². The molecule has 0 N–H and O–H groups in total. The van der Waals surface area contributed by atoms with Crippen molar-refractivity contribution < 1.29 is 83.7 Å². The molecule has 1 fully saturated rings. The van der Waals surface area contributed by atoms with Gasteiger partial charge < -0.3 is 24.5 Å². The Hall–Kier alpha value is 0.900. The van der Waals surface area contributed by atoms with E-state index in [0.717, 1.165) is 0 Å². The van der Waals surface area contributed by atoms with E-state index in [1.807, 2.05) is 0 Å². The normalized spacial score (nSPS) is 25.8. The van der Waals surface area contributed by atoms with Gasteiger partial charge in [-0.3, -0.25) is 0 Å². The summed E-state index contributed by atoms with van der Waals surface area (Å²) in [6, 6.07) is 0. The molecule has 1 saturated heterocycles. The van der Waals surface area contributed by atoms with E-state index in [2.05, 4.69) is 4.74 Å². The number of rotatable bonds is 2. The summed E-state index contributed by atoms with van der Waals surface area (Å²) in [5, 5.41) is 19.5. The number of hydrogen-bond donors (Lipinski definition) is 0. The van der Waals surface area contributed by atoms with Gasteiger partial charge >= 0.3 is 59.1 Å². The van der Waals surface area contributed by atoms with Gasteiger partial charge in [0.1, 0.15) is 12.2 Å². The molecule has 0 aliphatic carbocycles. The molecule has 0 aromatic heterocycles. The van der Waals surface area contributed by atoms with Crippen LogP contribution >= 0.6 is 0 Å². The fourth-order valence-electron chi connectivity index (χ4n) is 0.471. The van der Waals surface area contributed by atoms with Gasteiger partial charge in [-0.15, -0.1) is 0 Å². The number of hydrogen-bond acceptors (Lipinski definition) is 5. The molecule has 2 atom stereocenters. The van der Waals surface area contributed by atoms with Crippen molar-refractivity contribution >= 4 is 11.9 Å². The van der Waals surface area contributed by atoms with Gasteiger partial charge in [0.2, 0.25) is 0 Å². The molecule has 0 aromatic rings. The van der Waals surface area contributed by atoms with E-state index in [1.54, 1.807) is 0 Å². The van der Waals surface area contributed by atoms with Gasteiger partial charge in [0.05, 0.1) is 11.9 Å². The predicted molar refractivity (Wildman–Crippen MR) is 18.7 cm³/mol. The minimum atomic E-state index is -1.51. The standard InChI is InChI=1S/C4H4O5.2Na/c5-3(6)1-2(9-1)4(7)8;;/h1-2H,(H,5,6)(H,7,8);;/q;2*+1/p-2/t1-,2+;;. The smallest absolute Gasteiger partial charge is 0.547 e. The largest absolute Gasteiger partial charge is 1.00 e. The van der Waals surface area contributed by atoms with Crippen molar-refractivity contribution in [2.75, 3.05) is 0 Å². The van der Waals surface area contributed by atoms with Gasteiger partial charge in [0, 0.05) is 0 Å². The second-order valence-corrected chi connectivity index (χ2v) is 1.62. The molecule has 0 saturated carbocycles. The molecule has 11 heavy (non-hydrogen) atoms. The van der Waals surface area contributed by atoms with Crippen LogP contribution in [-0.2, 0) is 14.3 Å². The molecule has 0 amide bonds. The minimum absolute atomic E-state index is 0. The Kier molecular flexibility index (Phi) is 7.25. The van der Waals surface area contributed by atoms with Gasteiger partial charge in [-0.05, 0) is 0 Å². The fourth-order valence-corrected chi connectivity index (χ4v) is 0.471. The maximum atomic E-state index is 9.75. The Balaban J connectivity index is 0. The van der Waals surface area contributed by atoms with Crippen LogP contribution in [0.2, 0.25) is 0 Å². The van der Waals surface area contributed by atoms with Crippen LogP contribution in [0, 0.1) is 0 Å². The van der Waals surface area contributed by atoms with Crippen molar-refractivity contribution in [3.05, 3.63) is 0 Å². The number of carbonyl (C=O) groups is 2. The third-order valence-electron chi connectivity index (χ3n) is 0.956. The summed E-state index contributed by atoms with van der Waals surface area (Å²) in [6.45, 7) is 0. The quantitative estimate of drug-likeness (QED) is 0.307. The first-order chi connectivity index (χ1) is 4.13. The average Bonchev–Trinajstić information content (AvgIpc) is 2.39. The molecule has 0 spiro atoms. The first kappa shape index (κ1) is 14.4. The van der Waals surface area contributed by atoms with Gasteiger partial charge in [-0.1, -0.05) is 0 Å². The number of epoxide rings is 1. The number of carbonyl (C=O) groups excluding carboxylic acids is 2. The Morgan fingerprint density at radius 1 is 1.00 bits per heavy atom. The summed E-state index contributed by atoms with van der Waals surface area (Å²) in [7, 11) is 0.